The van der Waals surface area contributed by atoms with Crippen LogP contribution in [0.2, 0.25) is 0 Å². The van der Waals surface area contributed by atoms with Crippen LogP contribution in [-0.2, 0) is 6.42 Å². The molecule has 1 heterocycles. The maximum Gasteiger partial charge on any atom is 0.134 e. The molecule has 0 N–H and O–H groups in total. The van der Waals surface area contributed by atoms with E-state index in [-0.39, 0.29) is 11.7 Å². The molecular formula is C30H28FN. The van der Waals surface area contributed by atoms with Crippen LogP contribution in [0.3, 0.4) is 0 Å². The van der Waals surface area contributed by atoms with E-state index in [1.807, 2.05) is 26.0 Å². The number of halogens is 1. The molecule has 4 aromatic carbocycles. The van der Waals surface area contributed by atoms with Gasteiger partial charge in [0.15, 0.2) is 0 Å². The number of pyridine rings is 1. The number of benzene rings is 4. The van der Waals surface area contributed by atoms with Crippen molar-refractivity contribution in [1.82, 2.24) is 4.98 Å². The fourth-order valence-corrected chi connectivity index (χ4v) is 4.88. The minimum absolute atomic E-state index is 0.129. The molecule has 0 amide bonds. The lowest BCUT2D eigenvalue weighted by Crippen LogP contribution is -1.99. The quantitative estimate of drug-likeness (QED) is 0.265. The SMILES string of the molecule is CC(C)Cc1cc(-c2nccc3c(F)c(C(C)C)ccc23)cc2ccc3ccccc3c12. The van der Waals surface area contributed by atoms with Crippen LogP contribution < -0.4 is 0 Å². The summed E-state index contributed by atoms with van der Waals surface area (Å²) in [5, 5.41) is 6.56. The predicted octanol–water partition coefficient (Wildman–Crippen LogP) is 8.67. The molecule has 0 aliphatic carbocycles. The second-order valence-electron chi connectivity index (χ2n) is 9.50. The smallest absolute Gasteiger partial charge is 0.134 e. The summed E-state index contributed by atoms with van der Waals surface area (Å²) in [7, 11) is 0. The summed E-state index contributed by atoms with van der Waals surface area (Å²) in [6.07, 6.45) is 2.71. The van der Waals surface area contributed by atoms with Gasteiger partial charge in [-0.05, 0) is 69.1 Å². The van der Waals surface area contributed by atoms with Gasteiger partial charge in [0, 0.05) is 22.5 Å². The monoisotopic (exact) mass is 421 g/mol. The first-order valence-electron chi connectivity index (χ1n) is 11.5. The molecule has 0 atom stereocenters. The summed E-state index contributed by atoms with van der Waals surface area (Å²) in [5.41, 5.74) is 3.96. The van der Waals surface area contributed by atoms with E-state index < -0.39 is 0 Å². The van der Waals surface area contributed by atoms with E-state index in [0.29, 0.717) is 11.3 Å². The molecule has 1 aromatic heterocycles. The minimum atomic E-state index is -0.129. The van der Waals surface area contributed by atoms with Gasteiger partial charge in [-0.25, -0.2) is 4.39 Å². The Labute approximate surface area is 188 Å². The zero-order valence-electron chi connectivity index (χ0n) is 19.1. The molecule has 32 heavy (non-hydrogen) atoms. The van der Waals surface area contributed by atoms with Gasteiger partial charge in [0.05, 0.1) is 5.69 Å². The molecule has 0 spiro atoms. The Morgan fingerprint density at radius 1 is 0.781 bits per heavy atom. The highest BCUT2D eigenvalue weighted by Crippen LogP contribution is 2.37. The molecule has 160 valence electrons. The van der Waals surface area contributed by atoms with E-state index in [4.69, 9.17) is 4.98 Å². The highest BCUT2D eigenvalue weighted by molar-refractivity contribution is 6.11. The van der Waals surface area contributed by atoms with E-state index in [9.17, 15) is 0 Å². The maximum atomic E-state index is 15.3. The van der Waals surface area contributed by atoms with Gasteiger partial charge >= 0.3 is 0 Å². The average Bonchev–Trinajstić information content (AvgIpc) is 2.78. The third-order valence-corrected chi connectivity index (χ3v) is 6.36. The number of rotatable bonds is 4. The lowest BCUT2D eigenvalue weighted by molar-refractivity contribution is 0.610. The topological polar surface area (TPSA) is 12.9 Å². The number of nitrogens with zero attached hydrogens (tertiary/aromatic N) is 1. The molecule has 0 fully saturated rings. The Morgan fingerprint density at radius 2 is 1.56 bits per heavy atom. The Balaban J connectivity index is 1.81. The number of fused-ring (bicyclic) bond motifs is 4. The van der Waals surface area contributed by atoms with Crippen molar-refractivity contribution in [3.05, 3.63) is 89.9 Å². The molecule has 5 aromatic rings. The Kier molecular flexibility index (Phi) is 5.17. The van der Waals surface area contributed by atoms with Crippen LogP contribution in [0.15, 0.2) is 72.9 Å². The highest BCUT2D eigenvalue weighted by Gasteiger charge is 2.16. The van der Waals surface area contributed by atoms with Crippen molar-refractivity contribution < 1.29 is 4.39 Å². The largest absolute Gasteiger partial charge is 0.256 e. The van der Waals surface area contributed by atoms with E-state index in [1.165, 1.54) is 27.1 Å². The average molecular weight is 422 g/mol. The van der Waals surface area contributed by atoms with E-state index in [0.717, 1.165) is 28.6 Å². The van der Waals surface area contributed by atoms with E-state index in [1.54, 1.807) is 12.3 Å². The molecule has 0 aliphatic rings. The normalized spacial score (nSPS) is 12.0. The van der Waals surface area contributed by atoms with Crippen molar-refractivity contribution >= 4 is 32.3 Å². The van der Waals surface area contributed by atoms with Crippen LogP contribution in [-0.4, -0.2) is 4.98 Å². The molecule has 0 bridgehead atoms. The van der Waals surface area contributed by atoms with E-state index >= 15 is 4.39 Å². The third-order valence-electron chi connectivity index (χ3n) is 6.36. The fraction of sp³-hybridized carbons (Fsp3) is 0.233. The third kappa shape index (κ3) is 3.44. The number of aromatic nitrogens is 1. The van der Waals surface area contributed by atoms with Gasteiger partial charge in [0.1, 0.15) is 5.82 Å². The van der Waals surface area contributed by atoms with Crippen LogP contribution in [0.5, 0.6) is 0 Å². The van der Waals surface area contributed by atoms with Crippen LogP contribution >= 0.6 is 0 Å². The number of hydrogen-bond donors (Lipinski definition) is 0. The molecule has 0 saturated heterocycles. The molecule has 0 aliphatic heterocycles. The van der Waals surface area contributed by atoms with Crippen molar-refractivity contribution in [3.8, 4) is 11.3 Å². The predicted molar refractivity (Wildman–Crippen MR) is 135 cm³/mol. The van der Waals surface area contributed by atoms with Gasteiger partial charge in [-0.3, -0.25) is 4.98 Å². The molecule has 2 heteroatoms. The molecule has 0 radical (unpaired) electrons. The Morgan fingerprint density at radius 3 is 2.34 bits per heavy atom. The first kappa shape index (κ1) is 20.6. The fourth-order valence-electron chi connectivity index (χ4n) is 4.88. The summed E-state index contributed by atoms with van der Waals surface area (Å²) in [6.45, 7) is 8.56. The van der Waals surface area contributed by atoms with Crippen molar-refractivity contribution in [2.75, 3.05) is 0 Å². The van der Waals surface area contributed by atoms with Gasteiger partial charge in [0.2, 0.25) is 0 Å². The van der Waals surface area contributed by atoms with E-state index in [2.05, 4.69) is 62.4 Å². The van der Waals surface area contributed by atoms with Crippen molar-refractivity contribution in [2.45, 2.75) is 40.0 Å². The van der Waals surface area contributed by atoms with Gasteiger partial charge in [0.25, 0.3) is 0 Å². The van der Waals surface area contributed by atoms with Gasteiger partial charge in [-0.2, -0.15) is 0 Å². The van der Waals surface area contributed by atoms with Crippen LogP contribution in [0, 0.1) is 11.7 Å². The zero-order valence-corrected chi connectivity index (χ0v) is 19.1. The summed E-state index contributed by atoms with van der Waals surface area (Å²) >= 11 is 0. The highest BCUT2D eigenvalue weighted by atomic mass is 19.1. The zero-order chi connectivity index (χ0) is 22.4. The Hall–Kier alpha value is -3.26. The summed E-state index contributed by atoms with van der Waals surface area (Å²) < 4.78 is 15.3. The van der Waals surface area contributed by atoms with Crippen molar-refractivity contribution in [1.29, 1.82) is 0 Å². The second kappa shape index (κ2) is 8.02. The first-order chi connectivity index (χ1) is 15.4. The molecule has 1 nitrogen and oxygen atoms in total. The van der Waals surface area contributed by atoms with Gasteiger partial charge < -0.3 is 0 Å². The second-order valence-corrected chi connectivity index (χ2v) is 9.50. The van der Waals surface area contributed by atoms with Crippen molar-refractivity contribution in [3.63, 3.8) is 0 Å². The standard InChI is InChI=1S/C30H28FN/c1-18(2)15-22-17-23(16-21-10-9-20-7-5-6-8-25(20)28(21)22)30-27-12-11-24(19(3)4)29(31)26(27)13-14-32-30/h5-14,16-19H,15H2,1-4H3. The van der Waals surface area contributed by atoms with Crippen LogP contribution in [0.4, 0.5) is 4.39 Å². The molecule has 0 unspecified atom stereocenters. The minimum Gasteiger partial charge on any atom is -0.256 e. The maximum absolute atomic E-state index is 15.3. The first-order valence-corrected chi connectivity index (χ1v) is 11.5. The summed E-state index contributed by atoms with van der Waals surface area (Å²) in [5.74, 6) is 0.539. The molecule has 0 saturated carbocycles. The lowest BCUT2D eigenvalue weighted by atomic mass is 9.89. The number of hydrogen-bond acceptors (Lipinski definition) is 1. The van der Waals surface area contributed by atoms with Gasteiger partial charge in [-0.15, -0.1) is 0 Å². The molecular weight excluding hydrogens is 393 g/mol. The summed E-state index contributed by atoms with van der Waals surface area (Å²) in [6, 6.07) is 23.2. The Bertz CT molecular complexity index is 1460. The van der Waals surface area contributed by atoms with Crippen molar-refractivity contribution in [2.24, 2.45) is 5.92 Å². The van der Waals surface area contributed by atoms with Gasteiger partial charge in [-0.1, -0.05) is 76.2 Å². The molecule has 5 rings (SSSR count). The van der Waals surface area contributed by atoms with Crippen LogP contribution in [0.25, 0.3) is 43.6 Å². The van der Waals surface area contributed by atoms with Crippen LogP contribution in [0.1, 0.15) is 44.7 Å². The summed E-state index contributed by atoms with van der Waals surface area (Å²) in [4.78, 5) is 4.72. The lowest BCUT2D eigenvalue weighted by Gasteiger charge is -2.16.